The minimum atomic E-state index is -5.69. The van der Waals surface area contributed by atoms with E-state index in [2.05, 4.69) is 9.44 Å². The van der Waals surface area contributed by atoms with E-state index in [1.165, 1.54) is 31.4 Å². The van der Waals surface area contributed by atoms with Gasteiger partial charge in [-0.2, -0.15) is 22.5 Å². The molecule has 3 atom stereocenters. The van der Waals surface area contributed by atoms with E-state index in [9.17, 15) is 22.0 Å². The second kappa shape index (κ2) is 7.47. The number of halogens is 2. The maximum absolute atomic E-state index is 14.4. The fourth-order valence-electron chi connectivity index (χ4n) is 3.92. The van der Waals surface area contributed by atoms with Crippen LogP contribution in [0.1, 0.15) is 31.2 Å². The fraction of sp³-hybridized carbons (Fsp3) is 0.500. The molecule has 3 unspecified atom stereocenters. The number of oxime groups is 1. The lowest BCUT2D eigenvalue weighted by atomic mass is 9.86. The van der Waals surface area contributed by atoms with Crippen molar-refractivity contribution in [3.63, 3.8) is 0 Å². The third-order valence-electron chi connectivity index (χ3n) is 5.37. The Hall–Kier alpha value is -2.54. The number of hydrogen-bond donors (Lipinski definition) is 0. The summed E-state index contributed by atoms with van der Waals surface area (Å²) in [4.78, 5) is 12.2. The summed E-state index contributed by atoms with van der Waals surface area (Å²) in [5, 5.41) is 7.44. The van der Waals surface area contributed by atoms with Crippen molar-refractivity contribution < 1.29 is 31.0 Å². The second-order valence-corrected chi connectivity index (χ2v) is 8.54. The number of alkyl halides is 2. The SMILES string of the molecule is COc1ccc(/C(C#N)=N\OS(=O)(=O)C(F)(F)C(=O)C2CC3CCC2C3)cc1. The van der Waals surface area contributed by atoms with Crippen molar-refractivity contribution >= 4 is 21.6 Å². The third kappa shape index (κ3) is 3.58. The average Bonchev–Trinajstić information content (AvgIpc) is 3.31. The van der Waals surface area contributed by atoms with E-state index in [4.69, 9.17) is 10.00 Å². The highest BCUT2D eigenvalue weighted by Crippen LogP contribution is 2.50. The number of ketones is 1. The molecule has 3 rings (SSSR count). The Morgan fingerprint density at radius 2 is 1.93 bits per heavy atom. The Kier molecular flexibility index (Phi) is 5.39. The summed E-state index contributed by atoms with van der Waals surface area (Å²) in [5.41, 5.74) is -0.393. The van der Waals surface area contributed by atoms with Crippen molar-refractivity contribution in [1.29, 1.82) is 5.26 Å². The Labute approximate surface area is 161 Å². The monoisotopic (exact) mass is 412 g/mol. The number of benzene rings is 1. The minimum Gasteiger partial charge on any atom is -0.497 e. The second-order valence-electron chi connectivity index (χ2n) is 6.97. The molecule has 0 aromatic heterocycles. The smallest absolute Gasteiger partial charge is 0.439 e. The third-order valence-corrected chi connectivity index (χ3v) is 6.47. The van der Waals surface area contributed by atoms with Gasteiger partial charge in [0.05, 0.1) is 7.11 Å². The van der Waals surface area contributed by atoms with Gasteiger partial charge in [0.25, 0.3) is 0 Å². The van der Waals surface area contributed by atoms with Crippen LogP contribution in [0.2, 0.25) is 0 Å². The molecule has 0 spiro atoms. The maximum atomic E-state index is 14.4. The van der Waals surface area contributed by atoms with Gasteiger partial charge in [0, 0.05) is 11.5 Å². The average molecular weight is 412 g/mol. The van der Waals surface area contributed by atoms with Gasteiger partial charge >= 0.3 is 15.4 Å². The Balaban J connectivity index is 1.78. The number of hydrogen-bond acceptors (Lipinski definition) is 7. The Morgan fingerprint density at radius 1 is 1.25 bits per heavy atom. The highest BCUT2D eigenvalue weighted by molar-refractivity contribution is 7.88. The summed E-state index contributed by atoms with van der Waals surface area (Å²) in [6, 6.07) is 7.30. The van der Waals surface area contributed by atoms with Crippen molar-refractivity contribution in [2.75, 3.05) is 7.11 Å². The predicted molar refractivity (Wildman–Crippen MR) is 94.0 cm³/mol. The first-order valence-corrected chi connectivity index (χ1v) is 10.1. The predicted octanol–water partition coefficient (Wildman–Crippen LogP) is 2.87. The van der Waals surface area contributed by atoms with Crippen LogP contribution in [0, 0.1) is 29.1 Å². The summed E-state index contributed by atoms with van der Waals surface area (Å²) >= 11 is 0. The summed E-state index contributed by atoms with van der Waals surface area (Å²) < 4.78 is 61.8. The van der Waals surface area contributed by atoms with Crippen LogP contribution in [0.15, 0.2) is 29.4 Å². The highest BCUT2D eigenvalue weighted by Gasteiger charge is 2.60. The van der Waals surface area contributed by atoms with Gasteiger partial charge in [0.1, 0.15) is 11.8 Å². The van der Waals surface area contributed by atoms with Gasteiger partial charge in [-0.3, -0.25) is 9.08 Å². The molecule has 1 aromatic rings. The quantitative estimate of drug-likeness (QED) is 0.504. The van der Waals surface area contributed by atoms with Crippen LogP contribution in [0.3, 0.4) is 0 Å². The summed E-state index contributed by atoms with van der Waals surface area (Å²) in [7, 11) is -4.26. The summed E-state index contributed by atoms with van der Waals surface area (Å²) in [6.45, 7) is 0. The van der Waals surface area contributed by atoms with Crippen LogP contribution >= 0.6 is 0 Å². The molecule has 0 saturated heterocycles. The number of fused-ring (bicyclic) bond motifs is 2. The zero-order valence-electron chi connectivity index (χ0n) is 15.0. The molecule has 0 N–H and O–H groups in total. The van der Waals surface area contributed by atoms with Crippen molar-refractivity contribution in [2.45, 2.75) is 30.9 Å². The van der Waals surface area contributed by atoms with Crippen LogP contribution in [-0.4, -0.2) is 32.3 Å². The highest BCUT2D eigenvalue weighted by atomic mass is 32.2. The molecule has 1 aromatic carbocycles. The zero-order chi connectivity index (χ0) is 20.5. The van der Waals surface area contributed by atoms with Gasteiger partial charge in [-0.05, 0) is 55.4 Å². The van der Waals surface area contributed by atoms with Crippen molar-refractivity contribution in [2.24, 2.45) is 22.9 Å². The van der Waals surface area contributed by atoms with Crippen molar-refractivity contribution in [3.05, 3.63) is 29.8 Å². The first kappa shape index (κ1) is 20.2. The van der Waals surface area contributed by atoms with Gasteiger partial charge < -0.3 is 4.74 Å². The fourth-order valence-corrected chi connectivity index (χ4v) is 4.59. The normalized spacial score (nSPS) is 24.6. The number of Topliss-reactive ketones (excluding diaryl/α,β-unsaturated/α-hetero) is 1. The number of carbonyl (C=O) groups excluding carboxylic acids is 1. The molecule has 2 bridgehead atoms. The van der Waals surface area contributed by atoms with E-state index in [1.807, 2.05) is 0 Å². The van der Waals surface area contributed by atoms with E-state index in [-0.39, 0.29) is 23.8 Å². The van der Waals surface area contributed by atoms with Gasteiger partial charge in [0.15, 0.2) is 5.71 Å². The molecule has 2 aliphatic carbocycles. The molecule has 0 heterocycles. The van der Waals surface area contributed by atoms with Crippen LogP contribution in [0.5, 0.6) is 5.75 Å². The van der Waals surface area contributed by atoms with E-state index < -0.39 is 32.8 Å². The molecule has 0 amide bonds. The van der Waals surface area contributed by atoms with E-state index >= 15 is 0 Å². The van der Waals surface area contributed by atoms with E-state index in [0.29, 0.717) is 18.6 Å². The molecule has 0 aliphatic heterocycles. The van der Waals surface area contributed by atoms with Gasteiger partial charge in [-0.1, -0.05) is 11.6 Å². The lowest BCUT2D eigenvalue weighted by molar-refractivity contribution is -0.139. The van der Waals surface area contributed by atoms with Crippen molar-refractivity contribution in [3.8, 4) is 11.8 Å². The number of ether oxygens (including phenoxy) is 1. The molecule has 0 radical (unpaired) electrons. The maximum Gasteiger partial charge on any atom is 0.439 e. The molecular weight excluding hydrogens is 394 g/mol. The first-order chi connectivity index (χ1) is 13.2. The van der Waals surface area contributed by atoms with Crippen LogP contribution in [0.25, 0.3) is 0 Å². The van der Waals surface area contributed by atoms with Crippen LogP contribution < -0.4 is 4.74 Å². The molecule has 10 heteroatoms. The van der Waals surface area contributed by atoms with Gasteiger partial charge in [-0.15, -0.1) is 0 Å². The number of carbonyl (C=O) groups is 1. The standard InChI is InChI=1S/C18H18F2N2O5S/c1-26-14-6-4-12(5-7-14)16(10-21)22-27-28(24,25)18(19,20)17(23)15-9-11-2-3-13(15)8-11/h4-7,11,13,15H,2-3,8-9H2,1H3/b22-16-. The lowest BCUT2D eigenvalue weighted by Crippen LogP contribution is -2.43. The number of methoxy groups -OCH3 is 1. The van der Waals surface area contributed by atoms with Gasteiger partial charge in [-0.25, -0.2) is 0 Å². The minimum absolute atomic E-state index is 0.140. The molecule has 2 saturated carbocycles. The number of nitrogens with zero attached hydrogens (tertiary/aromatic N) is 2. The van der Waals surface area contributed by atoms with Gasteiger partial charge in [0.2, 0.25) is 5.78 Å². The summed E-state index contributed by atoms with van der Waals surface area (Å²) in [5.74, 6) is -2.20. The number of rotatable bonds is 7. The van der Waals surface area contributed by atoms with E-state index in [0.717, 1.165) is 6.42 Å². The van der Waals surface area contributed by atoms with Crippen molar-refractivity contribution in [1.82, 2.24) is 0 Å². The molecule has 28 heavy (non-hydrogen) atoms. The zero-order valence-corrected chi connectivity index (χ0v) is 15.8. The Morgan fingerprint density at radius 3 is 2.43 bits per heavy atom. The number of nitriles is 1. The first-order valence-electron chi connectivity index (χ1n) is 8.67. The molecule has 7 nitrogen and oxygen atoms in total. The largest absolute Gasteiger partial charge is 0.497 e. The topological polar surface area (TPSA) is 106 Å². The molecule has 2 aliphatic rings. The van der Waals surface area contributed by atoms with E-state index in [1.54, 1.807) is 6.07 Å². The van der Waals surface area contributed by atoms with Crippen LogP contribution in [0.4, 0.5) is 8.78 Å². The molecular formula is C18H18F2N2O5S. The van der Waals surface area contributed by atoms with Crippen LogP contribution in [-0.2, 0) is 19.2 Å². The lowest BCUT2D eigenvalue weighted by Gasteiger charge is -2.23. The Bertz CT molecular complexity index is 938. The molecule has 150 valence electrons. The molecule has 2 fully saturated rings. The summed E-state index contributed by atoms with van der Waals surface area (Å²) in [6.07, 6.45) is 2.46.